The number of aromatic amines is 1. The van der Waals surface area contributed by atoms with Gasteiger partial charge in [-0.15, -0.1) is 0 Å². The van der Waals surface area contributed by atoms with Crippen molar-refractivity contribution in [1.82, 2.24) is 9.97 Å². The van der Waals surface area contributed by atoms with Gasteiger partial charge in [-0.25, -0.2) is 4.98 Å². The minimum atomic E-state index is -0.514. The Bertz CT molecular complexity index is 229. The monoisotopic (exact) mass is 154 g/mol. The van der Waals surface area contributed by atoms with Crippen LogP contribution in [0, 0.1) is 0 Å². The van der Waals surface area contributed by atoms with Crippen LogP contribution in [0.1, 0.15) is 6.92 Å². The maximum absolute atomic E-state index is 10.9. The van der Waals surface area contributed by atoms with Gasteiger partial charge in [0.05, 0.1) is 6.04 Å². The van der Waals surface area contributed by atoms with Crippen molar-refractivity contribution in [3.8, 4) is 0 Å². The Labute approximate surface area is 64.0 Å². The molecule has 0 aliphatic carbocycles. The van der Waals surface area contributed by atoms with Crippen LogP contribution in [0.5, 0.6) is 0 Å². The van der Waals surface area contributed by atoms with E-state index < -0.39 is 6.04 Å². The molecular weight excluding hydrogens is 144 g/mol. The Kier molecular flexibility index (Phi) is 2.22. The molecule has 0 spiro atoms. The average Bonchev–Trinajstić information content (AvgIpc) is 2.39. The fourth-order valence-electron chi connectivity index (χ4n) is 0.564. The molecule has 1 atom stereocenters. The Balaban J connectivity index is 2.50. The van der Waals surface area contributed by atoms with Crippen LogP contribution in [0.2, 0.25) is 0 Å². The fraction of sp³-hybridized carbons (Fsp3) is 0.333. The Morgan fingerprint density at radius 3 is 3.09 bits per heavy atom. The highest BCUT2D eigenvalue weighted by molar-refractivity contribution is 5.92. The van der Waals surface area contributed by atoms with Crippen LogP contribution in [-0.2, 0) is 4.79 Å². The van der Waals surface area contributed by atoms with E-state index in [-0.39, 0.29) is 5.91 Å². The highest BCUT2D eigenvalue weighted by Gasteiger charge is 2.07. The third-order valence-corrected chi connectivity index (χ3v) is 1.15. The van der Waals surface area contributed by atoms with Gasteiger partial charge in [0.1, 0.15) is 0 Å². The summed E-state index contributed by atoms with van der Waals surface area (Å²) in [5.41, 5.74) is 5.30. The van der Waals surface area contributed by atoms with E-state index >= 15 is 0 Å². The Morgan fingerprint density at radius 2 is 2.64 bits per heavy atom. The van der Waals surface area contributed by atoms with Crippen molar-refractivity contribution in [2.75, 3.05) is 5.32 Å². The van der Waals surface area contributed by atoms with E-state index in [1.54, 1.807) is 19.3 Å². The van der Waals surface area contributed by atoms with Crippen LogP contribution in [0.3, 0.4) is 0 Å². The number of nitrogens with zero attached hydrogens (tertiary/aromatic N) is 1. The summed E-state index contributed by atoms with van der Waals surface area (Å²) in [6.45, 7) is 1.61. The Morgan fingerprint density at radius 1 is 1.91 bits per heavy atom. The van der Waals surface area contributed by atoms with Crippen molar-refractivity contribution >= 4 is 11.9 Å². The number of rotatable bonds is 2. The van der Waals surface area contributed by atoms with Crippen LogP contribution >= 0.6 is 0 Å². The number of carbonyl (C=O) groups excluding carboxylic acids is 1. The molecule has 5 nitrogen and oxygen atoms in total. The second-order valence-electron chi connectivity index (χ2n) is 2.22. The van der Waals surface area contributed by atoms with E-state index in [9.17, 15) is 4.79 Å². The van der Waals surface area contributed by atoms with Crippen molar-refractivity contribution in [2.24, 2.45) is 5.73 Å². The smallest absolute Gasteiger partial charge is 0.243 e. The van der Waals surface area contributed by atoms with Crippen molar-refractivity contribution in [3.05, 3.63) is 12.4 Å². The molecule has 0 aliphatic rings. The van der Waals surface area contributed by atoms with Crippen LogP contribution in [-0.4, -0.2) is 21.9 Å². The molecule has 11 heavy (non-hydrogen) atoms. The van der Waals surface area contributed by atoms with Gasteiger partial charge in [0.2, 0.25) is 11.9 Å². The van der Waals surface area contributed by atoms with Crippen LogP contribution in [0.25, 0.3) is 0 Å². The zero-order chi connectivity index (χ0) is 8.27. The fourth-order valence-corrected chi connectivity index (χ4v) is 0.564. The van der Waals surface area contributed by atoms with Crippen molar-refractivity contribution in [3.63, 3.8) is 0 Å². The van der Waals surface area contributed by atoms with Crippen LogP contribution < -0.4 is 11.1 Å². The summed E-state index contributed by atoms with van der Waals surface area (Å²) in [4.78, 5) is 17.4. The summed E-state index contributed by atoms with van der Waals surface area (Å²) in [5.74, 6) is 0.173. The molecule has 0 fully saturated rings. The van der Waals surface area contributed by atoms with Crippen molar-refractivity contribution in [2.45, 2.75) is 13.0 Å². The SMILES string of the molecule is C[C@H](N)C(=O)Nc1ncc[nH]1. The molecule has 1 rings (SSSR count). The minimum Gasteiger partial charge on any atom is -0.331 e. The van der Waals surface area contributed by atoms with Crippen molar-refractivity contribution in [1.29, 1.82) is 0 Å². The molecule has 0 saturated heterocycles. The zero-order valence-electron chi connectivity index (χ0n) is 6.16. The van der Waals surface area contributed by atoms with Gasteiger partial charge in [-0.05, 0) is 6.92 Å². The first-order chi connectivity index (χ1) is 5.20. The molecule has 4 N–H and O–H groups in total. The zero-order valence-corrected chi connectivity index (χ0v) is 6.16. The molecule has 0 unspecified atom stereocenters. The molecule has 1 aromatic heterocycles. The summed E-state index contributed by atoms with van der Waals surface area (Å²) >= 11 is 0. The van der Waals surface area contributed by atoms with E-state index in [1.807, 2.05) is 0 Å². The van der Waals surface area contributed by atoms with E-state index in [1.165, 1.54) is 0 Å². The molecule has 0 saturated carbocycles. The standard InChI is InChI=1S/C6H10N4O/c1-4(7)5(11)10-6-8-2-3-9-6/h2-4H,7H2,1H3,(H2,8,9,10,11)/t4-/m0/s1. The van der Waals surface area contributed by atoms with E-state index in [0.29, 0.717) is 5.95 Å². The van der Waals surface area contributed by atoms with Gasteiger partial charge >= 0.3 is 0 Å². The second kappa shape index (κ2) is 3.16. The van der Waals surface area contributed by atoms with Gasteiger partial charge in [-0.2, -0.15) is 0 Å². The van der Waals surface area contributed by atoms with Gasteiger partial charge in [-0.3, -0.25) is 10.1 Å². The molecule has 1 amide bonds. The van der Waals surface area contributed by atoms with Gasteiger partial charge in [-0.1, -0.05) is 0 Å². The second-order valence-corrected chi connectivity index (χ2v) is 2.22. The summed E-state index contributed by atoms with van der Waals surface area (Å²) in [6, 6.07) is -0.514. The number of nitrogens with two attached hydrogens (primary N) is 1. The predicted molar refractivity (Wildman–Crippen MR) is 40.9 cm³/mol. The molecule has 5 heteroatoms. The number of hydrogen-bond acceptors (Lipinski definition) is 3. The molecule has 0 radical (unpaired) electrons. The largest absolute Gasteiger partial charge is 0.331 e. The Hall–Kier alpha value is -1.36. The average molecular weight is 154 g/mol. The lowest BCUT2D eigenvalue weighted by Gasteiger charge is -2.03. The summed E-state index contributed by atoms with van der Waals surface area (Å²) in [6.07, 6.45) is 3.17. The van der Waals surface area contributed by atoms with Crippen LogP contribution in [0.4, 0.5) is 5.95 Å². The van der Waals surface area contributed by atoms with Gasteiger partial charge in [0, 0.05) is 12.4 Å². The number of hydrogen-bond donors (Lipinski definition) is 3. The lowest BCUT2D eigenvalue weighted by molar-refractivity contribution is -0.117. The molecule has 60 valence electrons. The summed E-state index contributed by atoms with van der Waals surface area (Å²) < 4.78 is 0. The van der Waals surface area contributed by atoms with Crippen LogP contribution in [0.15, 0.2) is 12.4 Å². The molecule has 0 aliphatic heterocycles. The number of H-pyrrole nitrogens is 1. The lowest BCUT2D eigenvalue weighted by atomic mass is 10.3. The number of anilines is 1. The molecular formula is C6H10N4O. The van der Waals surface area contributed by atoms with Gasteiger partial charge in [0.25, 0.3) is 0 Å². The van der Waals surface area contributed by atoms with Crippen molar-refractivity contribution < 1.29 is 4.79 Å². The maximum atomic E-state index is 10.9. The van der Waals surface area contributed by atoms with Gasteiger partial charge < -0.3 is 10.7 Å². The lowest BCUT2D eigenvalue weighted by Crippen LogP contribution is -2.32. The highest BCUT2D eigenvalue weighted by atomic mass is 16.2. The number of imidazole rings is 1. The maximum Gasteiger partial charge on any atom is 0.243 e. The predicted octanol–water partition coefficient (Wildman–Crippen LogP) is -0.305. The third kappa shape index (κ3) is 2.05. The highest BCUT2D eigenvalue weighted by Crippen LogP contribution is 1.94. The molecule has 1 heterocycles. The van der Waals surface area contributed by atoms with E-state index in [4.69, 9.17) is 5.73 Å². The molecule has 0 aromatic carbocycles. The first kappa shape index (κ1) is 7.74. The summed E-state index contributed by atoms with van der Waals surface area (Å²) in [5, 5.41) is 2.49. The number of carbonyl (C=O) groups is 1. The quantitative estimate of drug-likeness (QED) is 0.546. The number of nitrogens with one attached hydrogen (secondary N) is 2. The van der Waals surface area contributed by atoms with Gasteiger partial charge in [0.15, 0.2) is 0 Å². The third-order valence-electron chi connectivity index (χ3n) is 1.15. The first-order valence-corrected chi connectivity index (χ1v) is 3.26. The first-order valence-electron chi connectivity index (χ1n) is 3.26. The van der Waals surface area contributed by atoms with E-state index in [2.05, 4.69) is 15.3 Å². The number of amides is 1. The number of aromatic nitrogens is 2. The molecule has 1 aromatic rings. The molecule has 0 bridgehead atoms. The van der Waals surface area contributed by atoms with E-state index in [0.717, 1.165) is 0 Å². The summed E-state index contributed by atoms with van der Waals surface area (Å²) in [7, 11) is 0. The minimum absolute atomic E-state index is 0.250. The normalized spacial score (nSPS) is 12.5. The topological polar surface area (TPSA) is 83.8 Å².